The SMILES string of the molecule is CSC[C@H](Cc1ccc(O)c([SH](=O)=O)c1)/N=C\COc1ccccc1O. The lowest BCUT2D eigenvalue weighted by molar-refractivity contribution is 0.349. The van der Waals surface area contributed by atoms with Crippen LogP contribution in [0.25, 0.3) is 0 Å². The number of aromatic hydroxyl groups is 2. The lowest BCUT2D eigenvalue weighted by atomic mass is 10.1. The van der Waals surface area contributed by atoms with Gasteiger partial charge in [-0.05, 0) is 42.5 Å². The quantitative estimate of drug-likeness (QED) is 0.446. The third-order valence-corrected chi connectivity index (χ3v) is 5.03. The van der Waals surface area contributed by atoms with Crippen molar-refractivity contribution in [1.29, 1.82) is 0 Å². The first-order valence-corrected chi connectivity index (χ1v) is 10.5. The number of phenols is 2. The van der Waals surface area contributed by atoms with Crippen LogP contribution in [0.5, 0.6) is 17.2 Å². The molecular weight excluding hydrogens is 374 g/mol. The van der Waals surface area contributed by atoms with Crippen molar-refractivity contribution in [3.8, 4) is 17.2 Å². The minimum absolute atomic E-state index is 0.0557. The van der Waals surface area contributed by atoms with Gasteiger partial charge in [0.05, 0.1) is 6.04 Å². The van der Waals surface area contributed by atoms with Crippen molar-refractivity contribution in [2.45, 2.75) is 17.4 Å². The smallest absolute Gasteiger partial charge is 0.171 e. The van der Waals surface area contributed by atoms with Gasteiger partial charge in [-0.1, -0.05) is 18.2 Å². The van der Waals surface area contributed by atoms with E-state index in [4.69, 9.17) is 4.74 Å². The van der Waals surface area contributed by atoms with Crippen molar-refractivity contribution >= 4 is 28.7 Å². The van der Waals surface area contributed by atoms with E-state index in [1.165, 1.54) is 12.1 Å². The second-order valence-corrected chi connectivity index (χ2v) is 7.41. The molecule has 2 aromatic rings. The summed E-state index contributed by atoms with van der Waals surface area (Å²) in [6, 6.07) is 11.2. The fourth-order valence-corrected chi connectivity index (χ4v) is 3.48. The van der Waals surface area contributed by atoms with Crippen LogP contribution in [0.3, 0.4) is 0 Å². The van der Waals surface area contributed by atoms with Crippen LogP contribution in [0.2, 0.25) is 0 Å². The maximum atomic E-state index is 11.2. The molecule has 0 aromatic heterocycles. The number of benzene rings is 2. The van der Waals surface area contributed by atoms with Crippen LogP contribution in [-0.4, -0.2) is 49.5 Å². The predicted octanol–water partition coefficient (Wildman–Crippen LogP) is 2.49. The largest absolute Gasteiger partial charge is 0.507 e. The fraction of sp³-hybridized carbons (Fsp3) is 0.278. The molecule has 0 saturated carbocycles. The highest BCUT2D eigenvalue weighted by Gasteiger charge is 2.10. The Morgan fingerprint density at radius 1 is 1.19 bits per heavy atom. The lowest BCUT2D eigenvalue weighted by Crippen LogP contribution is -2.13. The van der Waals surface area contributed by atoms with Gasteiger partial charge < -0.3 is 14.9 Å². The van der Waals surface area contributed by atoms with Crippen LogP contribution in [0.1, 0.15) is 5.56 Å². The highest BCUT2D eigenvalue weighted by Crippen LogP contribution is 2.24. The van der Waals surface area contributed by atoms with Crippen LogP contribution in [-0.2, 0) is 17.1 Å². The third kappa shape index (κ3) is 5.96. The number of rotatable bonds is 9. The molecule has 0 bridgehead atoms. The van der Waals surface area contributed by atoms with E-state index in [1.807, 2.05) is 6.26 Å². The van der Waals surface area contributed by atoms with E-state index in [1.54, 1.807) is 48.3 Å². The lowest BCUT2D eigenvalue weighted by Gasteiger charge is -2.12. The molecule has 26 heavy (non-hydrogen) atoms. The zero-order chi connectivity index (χ0) is 18.9. The molecular formula is C18H21NO5S2. The topological polar surface area (TPSA) is 96.2 Å². The normalized spacial score (nSPS) is 12.5. The monoisotopic (exact) mass is 395 g/mol. The first-order chi connectivity index (χ1) is 12.5. The van der Waals surface area contributed by atoms with Gasteiger partial charge in [0.15, 0.2) is 22.2 Å². The van der Waals surface area contributed by atoms with Gasteiger partial charge in [-0.2, -0.15) is 11.8 Å². The molecule has 0 unspecified atom stereocenters. The molecule has 140 valence electrons. The summed E-state index contributed by atoms with van der Waals surface area (Å²) in [7, 11) is -2.85. The first kappa shape index (κ1) is 20.1. The van der Waals surface area contributed by atoms with Crippen LogP contribution in [0, 0.1) is 0 Å². The van der Waals surface area contributed by atoms with E-state index < -0.39 is 10.7 Å². The average molecular weight is 396 g/mol. The van der Waals surface area contributed by atoms with E-state index in [0.717, 1.165) is 11.3 Å². The number of phenolic OH excluding ortho intramolecular Hbond substituents is 2. The minimum atomic E-state index is -2.85. The number of thiol groups is 1. The Hall–Kier alpha value is -2.19. The minimum Gasteiger partial charge on any atom is -0.507 e. The molecule has 0 aliphatic rings. The van der Waals surface area contributed by atoms with Gasteiger partial charge in [-0.3, -0.25) is 4.99 Å². The fourth-order valence-electron chi connectivity index (χ4n) is 2.36. The third-order valence-electron chi connectivity index (χ3n) is 3.56. The summed E-state index contributed by atoms with van der Waals surface area (Å²) in [5, 5.41) is 19.2. The molecule has 0 heterocycles. The van der Waals surface area contributed by atoms with Crippen molar-refractivity contribution < 1.29 is 23.4 Å². The maximum Gasteiger partial charge on any atom is 0.171 e. The van der Waals surface area contributed by atoms with Crippen LogP contribution in [0.4, 0.5) is 0 Å². The summed E-state index contributed by atoms with van der Waals surface area (Å²) in [5.41, 5.74) is 0.787. The van der Waals surface area contributed by atoms with Crippen molar-refractivity contribution in [2.75, 3.05) is 18.6 Å². The molecule has 0 fully saturated rings. The number of ether oxygens (including phenoxy) is 1. The number of hydrogen-bond acceptors (Lipinski definition) is 7. The summed E-state index contributed by atoms with van der Waals surface area (Å²) in [5.74, 6) is 0.978. The molecule has 6 nitrogen and oxygen atoms in total. The first-order valence-electron chi connectivity index (χ1n) is 7.89. The molecule has 0 spiro atoms. The van der Waals surface area contributed by atoms with Gasteiger partial charge in [0.25, 0.3) is 0 Å². The Labute approximate surface area is 158 Å². The Balaban J connectivity index is 2.00. The van der Waals surface area contributed by atoms with Crippen molar-refractivity contribution in [2.24, 2.45) is 4.99 Å². The van der Waals surface area contributed by atoms with Gasteiger partial charge >= 0.3 is 0 Å². The molecule has 2 rings (SSSR count). The van der Waals surface area contributed by atoms with Crippen molar-refractivity contribution in [1.82, 2.24) is 0 Å². The van der Waals surface area contributed by atoms with Crippen molar-refractivity contribution in [3.05, 3.63) is 48.0 Å². The number of para-hydroxylation sites is 2. The Morgan fingerprint density at radius 3 is 2.65 bits per heavy atom. The van der Waals surface area contributed by atoms with E-state index >= 15 is 0 Å². The van der Waals surface area contributed by atoms with Crippen LogP contribution >= 0.6 is 11.8 Å². The number of nitrogens with zero attached hydrogens (tertiary/aromatic N) is 1. The second-order valence-electron chi connectivity index (χ2n) is 5.50. The highest BCUT2D eigenvalue weighted by atomic mass is 32.2. The molecule has 8 heteroatoms. The molecule has 2 N–H and O–H groups in total. The summed E-state index contributed by atoms with van der Waals surface area (Å²) in [6.45, 7) is 0.218. The van der Waals surface area contributed by atoms with Gasteiger partial charge in [-0.15, -0.1) is 0 Å². The summed E-state index contributed by atoms with van der Waals surface area (Å²) in [4.78, 5) is 4.41. The number of hydrogen-bond donors (Lipinski definition) is 3. The Kier molecular flexibility index (Phi) is 7.80. The van der Waals surface area contributed by atoms with E-state index in [9.17, 15) is 18.6 Å². The van der Waals surface area contributed by atoms with Gasteiger partial charge in [0.2, 0.25) is 0 Å². The number of thioether (sulfide) groups is 1. The summed E-state index contributed by atoms with van der Waals surface area (Å²) < 4.78 is 27.8. The van der Waals surface area contributed by atoms with Crippen LogP contribution in [0.15, 0.2) is 52.4 Å². The Bertz CT molecular complexity index is 828. The molecule has 0 saturated heterocycles. The molecule has 0 radical (unpaired) electrons. The average Bonchev–Trinajstić information content (AvgIpc) is 2.61. The second kappa shape index (κ2) is 10.1. The summed E-state index contributed by atoms with van der Waals surface area (Å²) >= 11 is 1.64. The van der Waals surface area contributed by atoms with Crippen LogP contribution < -0.4 is 4.74 Å². The zero-order valence-electron chi connectivity index (χ0n) is 14.2. The highest BCUT2D eigenvalue weighted by molar-refractivity contribution is 7.98. The molecule has 0 aliphatic heterocycles. The Morgan fingerprint density at radius 2 is 1.96 bits per heavy atom. The van der Waals surface area contributed by atoms with Gasteiger partial charge in [0.1, 0.15) is 17.3 Å². The molecule has 0 aliphatic carbocycles. The molecule has 1 atom stereocenters. The van der Waals surface area contributed by atoms with E-state index in [-0.39, 0.29) is 29.0 Å². The van der Waals surface area contributed by atoms with Gasteiger partial charge in [0, 0.05) is 12.0 Å². The summed E-state index contributed by atoms with van der Waals surface area (Å²) in [6.07, 6.45) is 4.16. The number of aliphatic imine (C=N–C) groups is 1. The van der Waals surface area contributed by atoms with Gasteiger partial charge in [-0.25, -0.2) is 8.42 Å². The van der Waals surface area contributed by atoms with E-state index in [0.29, 0.717) is 12.2 Å². The standard InChI is InChI=1S/C18H21NO5S2/c1-25-12-14(10-13-6-7-16(21)18(11-13)26(22)23)19-8-9-24-17-5-3-2-4-15(17)20/h2-8,11,14,20-21,26H,9-10,12H2,1H3/b19-8-/t14-/m0/s1. The zero-order valence-corrected chi connectivity index (χ0v) is 16.0. The van der Waals surface area contributed by atoms with E-state index in [2.05, 4.69) is 4.99 Å². The molecule has 2 aromatic carbocycles. The van der Waals surface area contributed by atoms with Crippen molar-refractivity contribution in [3.63, 3.8) is 0 Å². The maximum absolute atomic E-state index is 11.2. The predicted molar refractivity (Wildman–Crippen MR) is 105 cm³/mol. The molecule has 0 amide bonds.